The van der Waals surface area contributed by atoms with Gasteiger partial charge in [-0.3, -0.25) is 23.6 Å². The van der Waals surface area contributed by atoms with Crippen molar-refractivity contribution < 1.29 is 34.7 Å². The molecule has 1 unspecified atom stereocenters. The van der Waals surface area contributed by atoms with Gasteiger partial charge in [-0.15, -0.1) is 0 Å². The lowest BCUT2D eigenvalue weighted by atomic mass is 10.1. The second-order valence-electron chi connectivity index (χ2n) is 6.24. The number of anilines is 1. The maximum atomic E-state index is 12.6. The Balaban J connectivity index is 2.29. The Bertz CT molecular complexity index is 1170. The van der Waals surface area contributed by atoms with E-state index >= 15 is 0 Å². The predicted octanol–water partition coefficient (Wildman–Crippen LogP) is 1.77. The summed E-state index contributed by atoms with van der Waals surface area (Å²) in [5.74, 6) is -1.26. The minimum Gasteiger partial charge on any atom is -0.284 e. The van der Waals surface area contributed by atoms with Gasteiger partial charge in [-0.2, -0.15) is 4.21 Å². The third-order valence-electron chi connectivity index (χ3n) is 3.86. The minimum absolute atomic E-state index is 0.0909. The van der Waals surface area contributed by atoms with E-state index in [1.165, 1.54) is 50.2 Å². The molecule has 1 atom stereocenters. The van der Waals surface area contributed by atoms with Crippen LogP contribution in [-0.4, -0.2) is 36.4 Å². The van der Waals surface area contributed by atoms with Crippen LogP contribution < -0.4 is 4.72 Å². The molecule has 2 N–H and O–H groups in total. The number of benzene rings is 2. The molecule has 0 aliphatic rings. The number of hydrogen-bond acceptors (Lipinski definition) is 8. The first-order valence-electron chi connectivity index (χ1n) is 8.13. The second kappa shape index (κ2) is 9.18. The molecule has 164 valence electrons. The highest BCUT2D eigenvalue weighted by Gasteiger charge is 2.26. The molecule has 2 aromatic rings. The molecular weight excluding hydrogens is 460 g/mol. The first-order valence-corrected chi connectivity index (χ1v) is 12.3. The van der Waals surface area contributed by atoms with Crippen LogP contribution in [0.1, 0.15) is 16.7 Å². The summed E-state index contributed by atoms with van der Waals surface area (Å²) in [6.45, 7) is 2.64. The van der Waals surface area contributed by atoms with Crippen molar-refractivity contribution in [2.75, 3.05) is 10.6 Å². The van der Waals surface area contributed by atoms with Crippen LogP contribution >= 0.6 is 0 Å². The van der Waals surface area contributed by atoms with E-state index < -0.39 is 42.0 Å². The standard InChI is InChI=1S/C16H18N2O9S3/c1-11-7-14(8-12(2)16(11)29(23,24)10-18(19)20)17-30(25,26)15-5-3-13(4-6-15)9-27-28(21)22/h3-8,17H,9-10H2,1-2H3,(H,21,22). The number of nitrogens with zero attached hydrogens (tertiary/aromatic N) is 1. The average molecular weight is 479 g/mol. The highest BCUT2D eigenvalue weighted by molar-refractivity contribution is 7.92. The van der Waals surface area contributed by atoms with E-state index in [1.54, 1.807) is 0 Å². The lowest BCUT2D eigenvalue weighted by Gasteiger charge is -2.13. The molecule has 0 aliphatic heterocycles. The van der Waals surface area contributed by atoms with E-state index in [0.717, 1.165) is 0 Å². The van der Waals surface area contributed by atoms with Crippen molar-refractivity contribution in [2.24, 2.45) is 0 Å². The molecule has 0 bridgehead atoms. The van der Waals surface area contributed by atoms with Crippen LogP contribution in [0.25, 0.3) is 0 Å². The van der Waals surface area contributed by atoms with Crippen LogP contribution in [0, 0.1) is 24.0 Å². The van der Waals surface area contributed by atoms with Crippen molar-refractivity contribution in [1.82, 2.24) is 0 Å². The Morgan fingerprint density at radius 2 is 1.63 bits per heavy atom. The molecule has 0 amide bonds. The van der Waals surface area contributed by atoms with Gasteiger partial charge in [0.05, 0.1) is 16.4 Å². The predicted molar refractivity (Wildman–Crippen MR) is 108 cm³/mol. The summed E-state index contributed by atoms with van der Waals surface area (Å²) in [6, 6.07) is 7.91. The highest BCUT2D eigenvalue weighted by atomic mass is 32.2. The molecular formula is C16H18N2O9S3. The van der Waals surface area contributed by atoms with E-state index in [1.807, 2.05) is 0 Å². The highest BCUT2D eigenvalue weighted by Crippen LogP contribution is 2.27. The lowest BCUT2D eigenvalue weighted by molar-refractivity contribution is -0.458. The van der Waals surface area contributed by atoms with E-state index in [2.05, 4.69) is 8.91 Å². The zero-order valence-corrected chi connectivity index (χ0v) is 18.2. The Morgan fingerprint density at radius 1 is 1.10 bits per heavy atom. The van der Waals surface area contributed by atoms with Crippen LogP contribution in [0.5, 0.6) is 0 Å². The number of sulfonamides is 1. The smallest absolute Gasteiger partial charge is 0.284 e. The lowest BCUT2D eigenvalue weighted by Crippen LogP contribution is -2.18. The van der Waals surface area contributed by atoms with Crippen LogP contribution in [0.4, 0.5) is 5.69 Å². The molecule has 0 saturated carbocycles. The maximum Gasteiger partial charge on any atom is 0.305 e. The van der Waals surface area contributed by atoms with Gasteiger partial charge in [0, 0.05) is 10.6 Å². The fraction of sp³-hybridized carbons (Fsp3) is 0.250. The maximum absolute atomic E-state index is 12.6. The number of nitro groups is 1. The van der Waals surface area contributed by atoms with Crippen LogP contribution in [-0.2, 0) is 42.0 Å². The number of aryl methyl sites for hydroxylation is 2. The third kappa shape index (κ3) is 6.06. The number of hydrogen-bond donors (Lipinski definition) is 2. The summed E-state index contributed by atoms with van der Waals surface area (Å²) < 4.78 is 75.5. The summed E-state index contributed by atoms with van der Waals surface area (Å²) in [6.07, 6.45) is 0. The van der Waals surface area contributed by atoms with Gasteiger partial charge in [0.2, 0.25) is 9.84 Å². The second-order valence-corrected chi connectivity index (χ2v) is 10.5. The number of sulfone groups is 1. The van der Waals surface area contributed by atoms with Gasteiger partial charge in [0.15, 0.2) is 0 Å². The van der Waals surface area contributed by atoms with E-state index in [9.17, 15) is 31.2 Å². The Morgan fingerprint density at radius 3 is 2.10 bits per heavy atom. The summed E-state index contributed by atoms with van der Waals surface area (Å²) in [7, 11) is -8.20. The molecule has 0 saturated heterocycles. The molecule has 0 aliphatic carbocycles. The Hall–Kier alpha value is -2.39. The van der Waals surface area contributed by atoms with Gasteiger partial charge >= 0.3 is 17.2 Å². The van der Waals surface area contributed by atoms with Gasteiger partial charge in [-0.25, -0.2) is 16.8 Å². The average Bonchev–Trinajstić information content (AvgIpc) is 2.57. The molecule has 0 fully saturated rings. The summed E-state index contributed by atoms with van der Waals surface area (Å²) in [5.41, 5.74) is 0.898. The number of nitrogens with one attached hydrogen (secondary N) is 1. The topological polar surface area (TPSA) is 170 Å². The minimum atomic E-state index is -4.18. The molecule has 0 spiro atoms. The summed E-state index contributed by atoms with van der Waals surface area (Å²) >= 11 is -2.44. The van der Waals surface area contributed by atoms with Gasteiger partial charge < -0.3 is 0 Å². The first kappa shape index (κ1) is 23.9. The van der Waals surface area contributed by atoms with E-state index in [-0.39, 0.29) is 33.2 Å². The largest absolute Gasteiger partial charge is 0.305 e. The van der Waals surface area contributed by atoms with Gasteiger partial charge in [-0.1, -0.05) is 12.1 Å². The molecule has 2 aromatic carbocycles. The van der Waals surface area contributed by atoms with Gasteiger partial charge in [0.1, 0.15) is 0 Å². The first-order chi connectivity index (χ1) is 13.8. The molecule has 0 aromatic heterocycles. The molecule has 0 heterocycles. The van der Waals surface area contributed by atoms with Crippen LogP contribution in [0.3, 0.4) is 0 Å². The Kier molecular flexibility index (Phi) is 7.31. The van der Waals surface area contributed by atoms with E-state index in [0.29, 0.717) is 5.56 Å². The SMILES string of the molecule is Cc1cc(NS(=O)(=O)c2ccc(COS(=O)O)cc2)cc(C)c1S(=O)(=O)C[N+](=O)[O-]. The van der Waals surface area contributed by atoms with Crippen molar-refractivity contribution in [2.45, 2.75) is 30.2 Å². The van der Waals surface area contributed by atoms with Crippen molar-refractivity contribution >= 4 is 36.9 Å². The molecule has 2 rings (SSSR count). The molecule has 11 nitrogen and oxygen atoms in total. The van der Waals surface area contributed by atoms with Crippen LogP contribution in [0.15, 0.2) is 46.2 Å². The fourth-order valence-corrected chi connectivity index (χ4v) is 5.58. The van der Waals surface area contributed by atoms with Gasteiger partial charge in [-0.05, 0) is 54.8 Å². The van der Waals surface area contributed by atoms with Crippen molar-refractivity contribution in [1.29, 1.82) is 0 Å². The summed E-state index contributed by atoms with van der Waals surface area (Å²) in [4.78, 5) is 9.36. The molecule has 0 radical (unpaired) electrons. The van der Waals surface area contributed by atoms with Crippen molar-refractivity contribution in [3.63, 3.8) is 0 Å². The molecule has 14 heteroatoms. The van der Waals surface area contributed by atoms with Crippen molar-refractivity contribution in [3.8, 4) is 0 Å². The van der Waals surface area contributed by atoms with Gasteiger partial charge in [0.25, 0.3) is 10.0 Å². The Labute approximate surface area is 175 Å². The monoisotopic (exact) mass is 478 g/mol. The third-order valence-corrected chi connectivity index (χ3v) is 7.39. The fourth-order valence-electron chi connectivity index (χ4n) is 2.80. The zero-order valence-electron chi connectivity index (χ0n) is 15.8. The normalized spacial score (nSPS) is 13.0. The van der Waals surface area contributed by atoms with Crippen molar-refractivity contribution in [3.05, 3.63) is 63.2 Å². The van der Waals surface area contributed by atoms with Crippen LogP contribution in [0.2, 0.25) is 0 Å². The summed E-state index contributed by atoms with van der Waals surface area (Å²) in [5, 5.41) is 10.6. The van der Waals surface area contributed by atoms with E-state index in [4.69, 9.17) is 4.55 Å². The molecule has 30 heavy (non-hydrogen) atoms. The number of rotatable bonds is 9. The quantitative estimate of drug-likeness (QED) is 0.310. The zero-order chi connectivity index (χ0) is 22.7.